The van der Waals surface area contributed by atoms with Gasteiger partial charge in [-0.05, 0) is 30.3 Å². The number of carbonyl (C=O) groups is 1. The number of para-hydroxylation sites is 1. The molecule has 204 valence electrons. The Bertz CT molecular complexity index is 1590. The van der Waals surface area contributed by atoms with Crippen molar-refractivity contribution < 1.29 is 28.9 Å². The van der Waals surface area contributed by atoms with E-state index in [1.165, 1.54) is 4.90 Å². The summed E-state index contributed by atoms with van der Waals surface area (Å²) in [5.74, 6) is 1.67. The number of nitrogens with zero attached hydrogens (tertiary/aromatic N) is 4. The molecular weight excluding hydrogens is 512 g/mol. The summed E-state index contributed by atoms with van der Waals surface area (Å²) in [5, 5.41) is 29.4. The zero-order valence-corrected chi connectivity index (χ0v) is 21.7. The van der Waals surface area contributed by atoms with E-state index in [0.717, 1.165) is 22.6 Å². The van der Waals surface area contributed by atoms with Crippen LogP contribution in [-0.2, 0) is 6.54 Å². The van der Waals surface area contributed by atoms with E-state index in [0.29, 0.717) is 68.4 Å². The van der Waals surface area contributed by atoms with Gasteiger partial charge in [0.05, 0.1) is 22.3 Å². The van der Waals surface area contributed by atoms with Crippen molar-refractivity contribution in [3.63, 3.8) is 0 Å². The van der Waals surface area contributed by atoms with E-state index in [1.807, 2.05) is 60.7 Å². The van der Waals surface area contributed by atoms with E-state index in [-0.39, 0.29) is 11.5 Å². The Hall–Kier alpha value is -4.83. The van der Waals surface area contributed by atoms with Gasteiger partial charge in [0.25, 0.3) is 0 Å². The minimum absolute atomic E-state index is 0.0120. The van der Waals surface area contributed by atoms with Crippen LogP contribution in [0.2, 0.25) is 0 Å². The summed E-state index contributed by atoms with van der Waals surface area (Å²) in [4.78, 5) is 14.9. The second-order valence-corrected chi connectivity index (χ2v) is 9.54. The molecule has 4 aromatic rings. The topological polar surface area (TPSA) is 120 Å². The molecule has 0 unspecified atom stereocenters. The van der Waals surface area contributed by atoms with Crippen molar-refractivity contribution in [2.45, 2.75) is 6.54 Å². The molecule has 10 heteroatoms. The molecule has 3 heterocycles. The first-order valence-corrected chi connectivity index (χ1v) is 13.1. The second kappa shape index (κ2) is 11.1. The number of benzene rings is 3. The van der Waals surface area contributed by atoms with Gasteiger partial charge in [-0.3, -0.25) is 4.90 Å². The van der Waals surface area contributed by atoms with Crippen molar-refractivity contribution in [1.82, 2.24) is 9.80 Å². The summed E-state index contributed by atoms with van der Waals surface area (Å²) in [6.07, 6.45) is 0.775. The molecule has 40 heavy (non-hydrogen) atoms. The van der Waals surface area contributed by atoms with Crippen LogP contribution in [-0.4, -0.2) is 65.5 Å². The molecule has 2 aliphatic rings. The molecule has 0 spiro atoms. The van der Waals surface area contributed by atoms with Crippen LogP contribution in [0.4, 0.5) is 10.5 Å². The first-order valence-electron chi connectivity index (χ1n) is 13.1. The molecule has 0 saturated carbocycles. The first-order chi connectivity index (χ1) is 19.6. The number of hydrogen-bond acceptors (Lipinski definition) is 8. The van der Waals surface area contributed by atoms with Crippen LogP contribution in [0.1, 0.15) is 16.9 Å². The Kier molecular flexibility index (Phi) is 7.07. The van der Waals surface area contributed by atoms with Crippen LogP contribution in [0.5, 0.6) is 17.2 Å². The molecule has 1 saturated heterocycles. The van der Waals surface area contributed by atoms with Crippen LogP contribution >= 0.6 is 0 Å². The number of fused-ring (bicyclic) bond motifs is 2. The normalized spacial score (nSPS) is 16.0. The minimum atomic E-state index is -0.913. The zero-order valence-electron chi connectivity index (χ0n) is 21.7. The number of carboxylic acid groups (broad SMARTS) is 1. The molecule has 6 rings (SSSR count). The van der Waals surface area contributed by atoms with Crippen molar-refractivity contribution in [3.8, 4) is 17.2 Å². The maximum absolute atomic E-state index is 11.4. The molecule has 2 aliphatic heterocycles. The first kappa shape index (κ1) is 25.4. The van der Waals surface area contributed by atoms with Gasteiger partial charge in [-0.2, -0.15) is 0 Å². The van der Waals surface area contributed by atoms with Crippen LogP contribution in [0, 0.1) is 0 Å². The third-order valence-corrected chi connectivity index (χ3v) is 7.01. The fraction of sp³-hybridized carbons (Fsp3) is 0.233. The Morgan fingerprint density at radius 2 is 1.68 bits per heavy atom. The highest BCUT2D eigenvalue weighted by molar-refractivity contribution is 5.95. The Morgan fingerprint density at radius 3 is 2.48 bits per heavy atom. The van der Waals surface area contributed by atoms with E-state index in [9.17, 15) is 15.0 Å². The highest BCUT2D eigenvalue weighted by Gasteiger charge is 2.25. The smallest absolute Gasteiger partial charge is 0.407 e. The van der Waals surface area contributed by atoms with Gasteiger partial charge in [-0.25, -0.2) is 4.79 Å². The molecule has 1 fully saturated rings. The number of azo groups is 1. The monoisotopic (exact) mass is 540 g/mol. The van der Waals surface area contributed by atoms with E-state index in [4.69, 9.17) is 13.9 Å². The number of furan rings is 1. The van der Waals surface area contributed by atoms with E-state index < -0.39 is 6.09 Å². The predicted octanol–water partition coefficient (Wildman–Crippen LogP) is 5.99. The van der Waals surface area contributed by atoms with Gasteiger partial charge in [0, 0.05) is 44.4 Å². The highest BCUT2D eigenvalue weighted by Crippen LogP contribution is 2.42. The minimum Gasteiger partial charge on any atom is -0.504 e. The summed E-state index contributed by atoms with van der Waals surface area (Å²) in [6.45, 7) is 3.09. The molecule has 2 N–H and O–H groups in total. The van der Waals surface area contributed by atoms with Gasteiger partial charge >= 0.3 is 6.09 Å². The lowest BCUT2D eigenvalue weighted by Crippen LogP contribution is -2.47. The summed E-state index contributed by atoms with van der Waals surface area (Å²) in [5.41, 5.74) is 3.51. The Balaban J connectivity index is 1.29. The summed E-state index contributed by atoms with van der Waals surface area (Å²) in [7, 11) is 0. The van der Waals surface area contributed by atoms with Crippen LogP contribution in [0.15, 0.2) is 81.4 Å². The molecular formula is C30H28N4O6. The standard InChI is InChI=1S/C30H28N4O6/c35-28-22-10-11-26(39-17-16-38-20-6-2-1-3-7-20)23(19-33-12-14-34(15-13-33)30(36)37)29(22)40-27(28)18-25-21-8-4-5-9-24(21)31-32-25/h1-11,18,35H,12-17,19H2,(H,36,37). The zero-order chi connectivity index (χ0) is 27.5. The Morgan fingerprint density at radius 1 is 0.925 bits per heavy atom. The maximum atomic E-state index is 11.4. The molecule has 0 bridgehead atoms. The molecule has 10 nitrogen and oxygen atoms in total. The number of amides is 1. The van der Waals surface area contributed by atoms with Crippen molar-refractivity contribution in [1.29, 1.82) is 0 Å². The van der Waals surface area contributed by atoms with Gasteiger partial charge in [-0.1, -0.05) is 36.4 Å². The van der Waals surface area contributed by atoms with Gasteiger partial charge in [0.1, 0.15) is 30.3 Å². The van der Waals surface area contributed by atoms with E-state index in [1.54, 1.807) is 12.1 Å². The summed E-state index contributed by atoms with van der Waals surface area (Å²) in [6, 6.07) is 20.7. The van der Waals surface area contributed by atoms with Crippen molar-refractivity contribution in [3.05, 3.63) is 83.6 Å². The number of piperazine rings is 1. The number of rotatable bonds is 8. The predicted molar refractivity (Wildman–Crippen MR) is 149 cm³/mol. The van der Waals surface area contributed by atoms with Crippen molar-refractivity contribution >= 4 is 34.5 Å². The lowest BCUT2D eigenvalue weighted by Gasteiger charge is -2.33. The number of aromatic hydroxyl groups is 1. The molecule has 0 radical (unpaired) electrons. The second-order valence-electron chi connectivity index (χ2n) is 9.54. The lowest BCUT2D eigenvalue weighted by atomic mass is 10.1. The molecule has 3 aromatic carbocycles. The van der Waals surface area contributed by atoms with Gasteiger partial charge in [0.15, 0.2) is 11.5 Å². The average molecular weight is 541 g/mol. The van der Waals surface area contributed by atoms with Crippen molar-refractivity contribution in [2.75, 3.05) is 39.4 Å². The third kappa shape index (κ3) is 5.21. The summed E-state index contributed by atoms with van der Waals surface area (Å²) < 4.78 is 18.2. The van der Waals surface area contributed by atoms with Crippen LogP contribution in [0.25, 0.3) is 22.7 Å². The molecule has 0 atom stereocenters. The van der Waals surface area contributed by atoms with Gasteiger partial charge in [0.2, 0.25) is 0 Å². The quantitative estimate of drug-likeness (QED) is 0.264. The summed E-state index contributed by atoms with van der Waals surface area (Å²) >= 11 is 0. The highest BCUT2D eigenvalue weighted by atomic mass is 16.5. The molecule has 1 amide bonds. The van der Waals surface area contributed by atoms with Crippen molar-refractivity contribution in [2.24, 2.45) is 10.2 Å². The van der Waals surface area contributed by atoms with Crippen LogP contribution in [0.3, 0.4) is 0 Å². The fourth-order valence-electron chi connectivity index (χ4n) is 4.91. The fourth-order valence-corrected chi connectivity index (χ4v) is 4.91. The lowest BCUT2D eigenvalue weighted by molar-refractivity contribution is 0.102. The molecule has 1 aromatic heterocycles. The molecule has 0 aliphatic carbocycles. The van der Waals surface area contributed by atoms with E-state index in [2.05, 4.69) is 15.1 Å². The van der Waals surface area contributed by atoms with Gasteiger partial charge < -0.3 is 29.0 Å². The Labute approximate surface area is 230 Å². The number of hydrogen-bond donors (Lipinski definition) is 2. The maximum Gasteiger partial charge on any atom is 0.407 e. The van der Waals surface area contributed by atoms with Gasteiger partial charge in [-0.15, -0.1) is 10.2 Å². The third-order valence-electron chi connectivity index (χ3n) is 7.01. The average Bonchev–Trinajstić information content (AvgIpc) is 3.53. The van der Waals surface area contributed by atoms with Crippen LogP contribution < -0.4 is 9.47 Å². The van der Waals surface area contributed by atoms with E-state index >= 15 is 0 Å². The number of ether oxygens (including phenoxy) is 2. The SMILES string of the molecule is O=C(O)N1CCN(Cc2c(OCCOc3ccccc3)ccc3c(O)c(C=C4N=Nc5ccccc54)oc23)CC1. The largest absolute Gasteiger partial charge is 0.504 e.